The number of hydrogen-bond acceptors (Lipinski definition) is 4. The number of alkyl halides is 3. The van der Waals surface area contributed by atoms with Crippen LogP contribution < -0.4 is 11.3 Å². The summed E-state index contributed by atoms with van der Waals surface area (Å²) in [4.78, 5) is 21.3. The van der Waals surface area contributed by atoms with Crippen LogP contribution in [0.2, 0.25) is 5.02 Å². The van der Waals surface area contributed by atoms with E-state index in [4.69, 9.17) is 17.3 Å². The molecule has 0 amide bonds. The fourth-order valence-electron chi connectivity index (χ4n) is 3.25. The number of nitrogens with zero attached hydrogens (tertiary/aromatic N) is 3. The van der Waals surface area contributed by atoms with Crippen LogP contribution in [0, 0.1) is 6.92 Å². The predicted molar refractivity (Wildman–Crippen MR) is 110 cm³/mol. The van der Waals surface area contributed by atoms with E-state index >= 15 is 0 Å². The monoisotopic (exact) mass is 430 g/mol. The lowest BCUT2D eigenvalue weighted by molar-refractivity contribution is -0.141. The number of pyridine rings is 3. The summed E-state index contributed by atoms with van der Waals surface area (Å²) in [5.74, 6) is 0. The highest BCUT2D eigenvalue weighted by atomic mass is 35.5. The number of nitrogen functional groups attached to an aromatic ring is 1. The third-order valence-corrected chi connectivity index (χ3v) is 4.88. The molecule has 0 unspecified atom stereocenters. The van der Waals surface area contributed by atoms with Gasteiger partial charge in [0.05, 0.1) is 16.9 Å². The van der Waals surface area contributed by atoms with Crippen molar-refractivity contribution in [2.75, 3.05) is 5.73 Å². The first-order valence-electron chi connectivity index (χ1n) is 8.78. The van der Waals surface area contributed by atoms with Gasteiger partial charge in [-0.15, -0.1) is 0 Å². The zero-order valence-electron chi connectivity index (χ0n) is 15.5. The second-order valence-corrected chi connectivity index (χ2v) is 7.09. The van der Waals surface area contributed by atoms with E-state index in [-0.39, 0.29) is 22.3 Å². The molecule has 0 spiro atoms. The molecular formula is C21H14ClF3N4O. The van der Waals surface area contributed by atoms with E-state index in [2.05, 4.69) is 9.97 Å². The van der Waals surface area contributed by atoms with Gasteiger partial charge in [-0.1, -0.05) is 11.6 Å². The summed E-state index contributed by atoms with van der Waals surface area (Å²) in [6.07, 6.45) is -3.14. The molecule has 0 atom stereocenters. The molecule has 4 aromatic rings. The normalized spacial score (nSPS) is 11.8. The van der Waals surface area contributed by atoms with Gasteiger partial charge in [-0.25, -0.2) is 4.98 Å². The summed E-state index contributed by atoms with van der Waals surface area (Å²) in [5, 5.41) is 0.641. The minimum atomic E-state index is -4.68. The Morgan fingerprint density at radius 1 is 1.07 bits per heavy atom. The highest BCUT2D eigenvalue weighted by Gasteiger charge is 2.33. The summed E-state index contributed by atoms with van der Waals surface area (Å²) in [6, 6.07) is 11.5. The molecule has 0 fully saturated rings. The molecule has 4 rings (SSSR count). The van der Waals surface area contributed by atoms with Crippen molar-refractivity contribution in [1.29, 1.82) is 0 Å². The van der Waals surface area contributed by atoms with E-state index in [0.29, 0.717) is 22.0 Å². The number of nitrogens with two attached hydrogens (primary N) is 1. The summed E-state index contributed by atoms with van der Waals surface area (Å²) >= 11 is 5.93. The number of halogens is 4. The third kappa shape index (κ3) is 3.39. The van der Waals surface area contributed by atoms with Gasteiger partial charge >= 0.3 is 6.18 Å². The first-order chi connectivity index (χ1) is 14.2. The first-order valence-corrected chi connectivity index (χ1v) is 9.16. The van der Waals surface area contributed by atoms with Crippen LogP contribution in [-0.4, -0.2) is 14.5 Å². The van der Waals surface area contributed by atoms with Crippen molar-refractivity contribution in [3.63, 3.8) is 0 Å². The molecule has 152 valence electrons. The Hall–Kier alpha value is -3.39. The predicted octanol–water partition coefficient (Wildman–Crippen LogP) is 5.01. The maximum absolute atomic E-state index is 13.5. The Morgan fingerprint density at radius 3 is 2.40 bits per heavy atom. The van der Waals surface area contributed by atoms with E-state index in [0.717, 1.165) is 10.6 Å². The molecule has 0 aliphatic rings. The topological polar surface area (TPSA) is 73.8 Å². The fourth-order valence-corrected chi connectivity index (χ4v) is 3.38. The SMILES string of the molecule is Cc1cc(-c2c(N)c3ccc(C(F)(F)F)nc3n(-c3ccc(Cl)cc3)c2=O)ccn1. The lowest BCUT2D eigenvalue weighted by Gasteiger charge is -2.17. The molecule has 0 aliphatic carbocycles. The average molecular weight is 431 g/mol. The van der Waals surface area contributed by atoms with Crippen LogP contribution in [0.25, 0.3) is 27.8 Å². The van der Waals surface area contributed by atoms with Gasteiger partial charge in [0.15, 0.2) is 0 Å². The molecule has 3 heterocycles. The van der Waals surface area contributed by atoms with Gasteiger partial charge in [-0.05, 0) is 61.0 Å². The van der Waals surface area contributed by atoms with Gasteiger partial charge in [-0.3, -0.25) is 14.3 Å². The highest BCUT2D eigenvalue weighted by Crippen LogP contribution is 2.34. The van der Waals surface area contributed by atoms with E-state index < -0.39 is 17.4 Å². The molecule has 0 radical (unpaired) electrons. The number of aromatic nitrogens is 3. The number of rotatable bonds is 2. The van der Waals surface area contributed by atoms with Crippen molar-refractivity contribution in [3.05, 3.63) is 81.5 Å². The van der Waals surface area contributed by atoms with Gasteiger partial charge in [0.1, 0.15) is 11.3 Å². The summed E-state index contributed by atoms with van der Waals surface area (Å²) in [6.45, 7) is 1.76. The van der Waals surface area contributed by atoms with Crippen molar-refractivity contribution in [2.45, 2.75) is 13.1 Å². The van der Waals surface area contributed by atoms with Gasteiger partial charge < -0.3 is 5.73 Å². The second-order valence-electron chi connectivity index (χ2n) is 6.66. The van der Waals surface area contributed by atoms with Crippen molar-refractivity contribution >= 4 is 28.3 Å². The smallest absolute Gasteiger partial charge is 0.397 e. The fraction of sp³-hybridized carbons (Fsp3) is 0.0952. The molecule has 30 heavy (non-hydrogen) atoms. The Balaban J connectivity index is 2.16. The van der Waals surface area contributed by atoms with Gasteiger partial charge in [0.25, 0.3) is 5.56 Å². The Bertz CT molecular complexity index is 1330. The molecule has 3 aromatic heterocycles. The van der Waals surface area contributed by atoms with Crippen molar-refractivity contribution < 1.29 is 13.2 Å². The third-order valence-electron chi connectivity index (χ3n) is 4.62. The summed E-state index contributed by atoms with van der Waals surface area (Å²) < 4.78 is 41.0. The molecule has 0 bridgehead atoms. The van der Waals surface area contributed by atoms with E-state index in [1.54, 1.807) is 19.1 Å². The number of benzene rings is 1. The van der Waals surface area contributed by atoms with Crippen LogP contribution in [0.3, 0.4) is 0 Å². The van der Waals surface area contributed by atoms with Crippen molar-refractivity contribution in [1.82, 2.24) is 14.5 Å². The lowest BCUT2D eigenvalue weighted by Crippen LogP contribution is -2.24. The summed E-state index contributed by atoms with van der Waals surface area (Å²) in [7, 11) is 0. The van der Waals surface area contributed by atoms with E-state index in [9.17, 15) is 18.0 Å². The number of anilines is 1. The average Bonchev–Trinajstić information content (AvgIpc) is 2.68. The highest BCUT2D eigenvalue weighted by molar-refractivity contribution is 6.30. The van der Waals surface area contributed by atoms with Crippen LogP contribution in [0.5, 0.6) is 0 Å². The minimum Gasteiger partial charge on any atom is -0.397 e. The van der Waals surface area contributed by atoms with E-state index in [1.807, 2.05) is 0 Å². The molecule has 9 heteroatoms. The van der Waals surface area contributed by atoms with Crippen LogP contribution in [0.15, 0.2) is 59.5 Å². The van der Waals surface area contributed by atoms with Gasteiger partial charge in [0.2, 0.25) is 0 Å². The van der Waals surface area contributed by atoms with Crippen molar-refractivity contribution in [3.8, 4) is 16.8 Å². The zero-order valence-corrected chi connectivity index (χ0v) is 16.3. The van der Waals surface area contributed by atoms with Crippen LogP contribution in [0.1, 0.15) is 11.4 Å². The zero-order chi connectivity index (χ0) is 21.6. The van der Waals surface area contributed by atoms with Crippen LogP contribution >= 0.6 is 11.6 Å². The van der Waals surface area contributed by atoms with Crippen LogP contribution in [0.4, 0.5) is 18.9 Å². The maximum atomic E-state index is 13.5. The Morgan fingerprint density at radius 2 is 1.77 bits per heavy atom. The maximum Gasteiger partial charge on any atom is 0.433 e. The van der Waals surface area contributed by atoms with E-state index in [1.165, 1.54) is 36.5 Å². The molecule has 5 nitrogen and oxygen atoms in total. The Labute approximate surface area is 173 Å². The quantitative estimate of drug-likeness (QED) is 0.485. The standard InChI is InChI=1S/C21H14ClF3N4O/c1-11-10-12(8-9-27-11)17-18(26)15-6-7-16(21(23,24)25)28-19(15)29(20(17)30)14-4-2-13(22)3-5-14/h2-10H,26H2,1H3. The van der Waals surface area contributed by atoms with Gasteiger partial charge in [0, 0.05) is 22.3 Å². The first kappa shape index (κ1) is 19.9. The number of fused-ring (bicyclic) bond motifs is 1. The lowest BCUT2D eigenvalue weighted by atomic mass is 10.0. The molecule has 2 N–H and O–H groups in total. The molecule has 0 aliphatic heterocycles. The molecule has 0 saturated carbocycles. The van der Waals surface area contributed by atoms with Crippen molar-refractivity contribution in [2.24, 2.45) is 0 Å². The second kappa shape index (κ2) is 7.14. The molecule has 0 saturated heterocycles. The van der Waals surface area contributed by atoms with Crippen LogP contribution in [-0.2, 0) is 6.18 Å². The minimum absolute atomic E-state index is 0.0482. The largest absolute Gasteiger partial charge is 0.433 e. The summed E-state index contributed by atoms with van der Waals surface area (Å²) in [5.41, 5.74) is 6.04. The number of aryl methyl sites for hydroxylation is 1. The Kier molecular flexibility index (Phi) is 4.74. The molecular weight excluding hydrogens is 417 g/mol. The van der Waals surface area contributed by atoms with Gasteiger partial charge in [-0.2, -0.15) is 13.2 Å². The number of hydrogen-bond donors (Lipinski definition) is 1. The molecule has 1 aromatic carbocycles.